The monoisotopic (exact) mass is 267 g/mol. The molecule has 1 aromatic heterocycles. The lowest BCUT2D eigenvalue weighted by atomic mass is 10.0. The normalized spacial score (nSPS) is 22.1. The molecule has 0 amide bonds. The van der Waals surface area contributed by atoms with Crippen LogP contribution in [0.4, 0.5) is 8.78 Å². The second-order valence-corrected chi connectivity index (χ2v) is 4.95. The number of benzene rings is 1. The van der Waals surface area contributed by atoms with Crippen LogP contribution in [0, 0.1) is 0 Å². The third-order valence-corrected chi connectivity index (χ3v) is 3.55. The summed E-state index contributed by atoms with van der Waals surface area (Å²) in [5.41, 5.74) is 1.00. The van der Waals surface area contributed by atoms with Gasteiger partial charge < -0.3 is 0 Å². The van der Waals surface area contributed by atoms with Crippen molar-refractivity contribution >= 4 is 11.8 Å². The Morgan fingerprint density at radius 1 is 1.33 bits per heavy atom. The molecule has 0 spiro atoms. The zero-order chi connectivity index (χ0) is 12.5. The first-order chi connectivity index (χ1) is 8.79. The van der Waals surface area contributed by atoms with Gasteiger partial charge in [0.15, 0.2) is 12.0 Å². The molecule has 1 aromatic carbocycles. The van der Waals surface area contributed by atoms with Gasteiger partial charge in [-0.3, -0.25) is 0 Å². The molecule has 3 rings (SSSR count). The number of hydrogen-bond donors (Lipinski definition) is 0. The maximum atomic E-state index is 13.9. The molecule has 1 aliphatic heterocycles. The fraction of sp³-hybridized carbons (Fsp3) is 0.333. The smallest absolute Gasteiger partial charge is 0.211 e. The number of fused-ring (bicyclic) bond motifs is 1. The van der Waals surface area contributed by atoms with E-state index in [0.29, 0.717) is 17.4 Å². The summed E-state index contributed by atoms with van der Waals surface area (Å²) in [4.78, 5) is 4.04. The molecule has 3 nitrogen and oxygen atoms in total. The van der Waals surface area contributed by atoms with Gasteiger partial charge in [-0.1, -0.05) is 42.1 Å². The second-order valence-electron chi connectivity index (χ2n) is 4.08. The molecule has 0 radical (unpaired) electrons. The largest absolute Gasteiger partial charge is 0.239 e. The molecule has 0 fully saturated rings. The fourth-order valence-electron chi connectivity index (χ4n) is 2.22. The van der Waals surface area contributed by atoms with Crippen molar-refractivity contribution in [2.24, 2.45) is 0 Å². The summed E-state index contributed by atoms with van der Waals surface area (Å²) in [7, 11) is 0. The van der Waals surface area contributed by atoms with E-state index < -0.39 is 12.2 Å². The highest BCUT2D eigenvalue weighted by molar-refractivity contribution is 7.98. The van der Waals surface area contributed by atoms with Crippen molar-refractivity contribution in [3.8, 4) is 0 Å². The summed E-state index contributed by atoms with van der Waals surface area (Å²) in [6.07, 6.45) is -0.781. The van der Waals surface area contributed by atoms with E-state index in [0.717, 1.165) is 17.3 Å². The SMILES string of the molecule is FCSc1nc2n(n1)C(c1ccccc1)CC2F. The van der Waals surface area contributed by atoms with Crippen LogP contribution in [0.5, 0.6) is 0 Å². The maximum Gasteiger partial charge on any atom is 0.211 e. The maximum absolute atomic E-state index is 13.9. The molecule has 0 aliphatic carbocycles. The van der Waals surface area contributed by atoms with Crippen LogP contribution in [0.3, 0.4) is 0 Å². The Labute approximate surface area is 107 Å². The van der Waals surface area contributed by atoms with Crippen molar-refractivity contribution < 1.29 is 8.78 Å². The molecule has 2 unspecified atom stereocenters. The average molecular weight is 267 g/mol. The predicted molar refractivity (Wildman–Crippen MR) is 64.9 cm³/mol. The van der Waals surface area contributed by atoms with Gasteiger partial charge in [0.25, 0.3) is 0 Å². The highest BCUT2D eigenvalue weighted by Gasteiger charge is 2.35. The molecule has 18 heavy (non-hydrogen) atoms. The van der Waals surface area contributed by atoms with Crippen LogP contribution in [0.15, 0.2) is 35.5 Å². The summed E-state index contributed by atoms with van der Waals surface area (Å²) >= 11 is 0.882. The van der Waals surface area contributed by atoms with E-state index in [1.165, 1.54) is 0 Å². The van der Waals surface area contributed by atoms with Crippen LogP contribution < -0.4 is 0 Å². The van der Waals surface area contributed by atoms with Crippen LogP contribution >= 0.6 is 11.8 Å². The summed E-state index contributed by atoms with van der Waals surface area (Å²) in [6, 6.07) is 8.88. The van der Waals surface area contributed by atoms with Crippen LogP contribution in [0.25, 0.3) is 0 Å². The number of nitrogens with zero attached hydrogens (tertiary/aromatic N) is 3. The summed E-state index contributed by atoms with van der Waals surface area (Å²) in [6.45, 7) is 0. The van der Waals surface area contributed by atoms with Crippen LogP contribution in [-0.2, 0) is 0 Å². The van der Waals surface area contributed by atoms with E-state index in [1.807, 2.05) is 30.3 Å². The van der Waals surface area contributed by atoms with Crippen molar-refractivity contribution in [2.75, 3.05) is 6.01 Å². The van der Waals surface area contributed by atoms with Crippen molar-refractivity contribution in [1.82, 2.24) is 14.8 Å². The standard InChI is InChI=1S/C12H11F2N3S/c13-7-18-12-15-11-9(14)6-10(17(11)16-12)8-4-2-1-3-5-8/h1-5,9-10H,6-7H2. The fourth-order valence-corrected chi connectivity index (χ4v) is 2.62. The Hall–Kier alpha value is -1.43. The van der Waals surface area contributed by atoms with E-state index in [9.17, 15) is 8.78 Å². The minimum atomic E-state index is -1.13. The van der Waals surface area contributed by atoms with Crippen molar-refractivity contribution in [1.29, 1.82) is 0 Å². The lowest BCUT2D eigenvalue weighted by Gasteiger charge is -2.11. The molecule has 0 saturated carbocycles. The quantitative estimate of drug-likeness (QED) is 0.799. The van der Waals surface area contributed by atoms with Gasteiger partial charge in [0.2, 0.25) is 5.16 Å². The third kappa shape index (κ3) is 1.90. The van der Waals surface area contributed by atoms with Crippen LogP contribution in [0.2, 0.25) is 0 Å². The molecular formula is C12H11F2N3S. The van der Waals surface area contributed by atoms with E-state index in [1.54, 1.807) is 4.68 Å². The topological polar surface area (TPSA) is 30.7 Å². The van der Waals surface area contributed by atoms with E-state index in [2.05, 4.69) is 10.1 Å². The Kier molecular flexibility index (Phi) is 3.03. The van der Waals surface area contributed by atoms with E-state index in [-0.39, 0.29) is 6.04 Å². The minimum absolute atomic E-state index is 0.141. The molecule has 2 aromatic rings. The number of rotatable bonds is 3. The molecule has 2 atom stereocenters. The van der Waals surface area contributed by atoms with Gasteiger partial charge in [-0.25, -0.2) is 18.4 Å². The van der Waals surface area contributed by atoms with Crippen molar-refractivity contribution in [3.05, 3.63) is 41.7 Å². The highest BCUT2D eigenvalue weighted by atomic mass is 32.2. The molecule has 0 bridgehead atoms. The molecule has 2 heterocycles. The van der Waals surface area contributed by atoms with Gasteiger partial charge in [0, 0.05) is 6.42 Å². The zero-order valence-corrected chi connectivity index (χ0v) is 10.3. The van der Waals surface area contributed by atoms with Crippen LogP contribution in [0.1, 0.15) is 30.0 Å². The Balaban J connectivity index is 1.97. The number of thioether (sulfide) groups is 1. The van der Waals surface area contributed by atoms with Gasteiger partial charge in [0.1, 0.15) is 6.01 Å². The first-order valence-electron chi connectivity index (χ1n) is 5.64. The first-order valence-corrected chi connectivity index (χ1v) is 6.62. The summed E-state index contributed by atoms with van der Waals surface area (Å²) < 4.78 is 27.7. The lowest BCUT2D eigenvalue weighted by molar-refractivity contribution is 0.327. The predicted octanol–water partition coefficient (Wildman–Crippen LogP) is 3.30. The second kappa shape index (κ2) is 4.68. The van der Waals surface area contributed by atoms with Gasteiger partial charge in [-0.05, 0) is 5.56 Å². The summed E-state index contributed by atoms with van der Waals surface area (Å²) in [5.74, 6) is 0.305. The Morgan fingerprint density at radius 3 is 2.83 bits per heavy atom. The first kappa shape index (κ1) is 11.6. The zero-order valence-electron chi connectivity index (χ0n) is 9.46. The Morgan fingerprint density at radius 2 is 2.11 bits per heavy atom. The lowest BCUT2D eigenvalue weighted by Crippen LogP contribution is -2.07. The molecule has 6 heteroatoms. The molecule has 0 N–H and O–H groups in total. The third-order valence-electron chi connectivity index (χ3n) is 3.01. The molecule has 0 saturated heterocycles. The highest BCUT2D eigenvalue weighted by Crippen LogP contribution is 2.39. The van der Waals surface area contributed by atoms with Gasteiger partial charge >= 0.3 is 0 Å². The number of hydrogen-bond acceptors (Lipinski definition) is 3. The average Bonchev–Trinajstić information content (AvgIpc) is 2.92. The van der Waals surface area contributed by atoms with E-state index in [4.69, 9.17) is 0 Å². The minimum Gasteiger partial charge on any atom is -0.239 e. The summed E-state index contributed by atoms with van der Waals surface area (Å²) in [5, 5.41) is 4.48. The van der Waals surface area contributed by atoms with Gasteiger partial charge in [-0.2, -0.15) is 0 Å². The van der Waals surface area contributed by atoms with Gasteiger partial charge in [-0.15, -0.1) is 5.10 Å². The van der Waals surface area contributed by atoms with Crippen molar-refractivity contribution in [2.45, 2.75) is 23.8 Å². The molecule has 1 aliphatic rings. The number of halogens is 2. The van der Waals surface area contributed by atoms with E-state index >= 15 is 0 Å². The molecular weight excluding hydrogens is 256 g/mol. The van der Waals surface area contributed by atoms with Crippen molar-refractivity contribution in [3.63, 3.8) is 0 Å². The number of aromatic nitrogens is 3. The van der Waals surface area contributed by atoms with Gasteiger partial charge in [0.05, 0.1) is 6.04 Å². The number of alkyl halides is 2. The Bertz CT molecular complexity index is 544. The van der Waals surface area contributed by atoms with Crippen LogP contribution in [-0.4, -0.2) is 20.8 Å². The molecule has 94 valence electrons.